The summed E-state index contributed by atoms with van der Waals surface area (Å²) >= 11 is 0. The number of benzene rings is 1. The summed E-state index contributed by atoms with van der Waals surface area (Å²) in [5.74, 6) is -1.25. The summed E-state index contributed by atoms with van der Waals surface area (Å²) in [5.41, 5.74) is 0.340. The molecule has 1 aromatic carbocycles. The molecule has 2 aromatic rings. The van der Waals surface area contributed by atoms with E-state index in [-0.39, 0.29) is 23.2 Å². The Morgan fingerprint density at radius 3 is 1.55 bits per heavy atom. The minimum Gasteiger partial charge on any atom is -0.503 e. The quantitative estimate of drug-likeness (QED) is 0.782. The molecule has 2 aliphatic heterocycles. The van der Waals surface area contributed by atoms with E-state index in [1.807, 2.05) is 0 Å². The molecule has 2 N–H and O–H groups in total. The lowest BCUT2D eigenvalue weighted by molar-refractivity contribution is 0.0707. The Bertz CT molecular complexity index is 901. The third kappa shape index (κ3) is 3.94. The highest BCUT2D eigenvalue weighted by atomic mass is 16.5. The van der Waals surface area contributed by atoms with Gasteiger partial charge in [0.2, 0.25) is 0 Å². The van der Waals surface area contributed by atoms with Gasteiger partial charge in [0.15, 0.2) is 22.9 Å². The summed E-state index contributed by atoms with van der Waals surface area (Å²) in [6.45, 7) is 2.34. The van der Waals surface area contributed by atoms with Gasteiger partial charge in [0.05, 0.1) is 7.11 Å². The maximum atomic E-state index is 13.4. The van der Waals surface area contributed by atoms with Gasteiger partial charge >= 0.3 is 0 Å². The zero-order chi connectivity index (χ0) is 22.0. The van der Waals surface area contributed by atoms with Crippen molar-refractivity contribution in [2.24, 2.45) is 0 Å². The van der Waals surface area contributed by atoms with Gasteiger partial charge in [0.25, 0.3) is 11.8 Å². The smallest absolute Gasteiger partial charge is 0.274 e. The third-order valence-corrected chi connectivity index (χ3v) is 6.14. The van der Waals surface area contributed by atoms with Crippen LogP contribution in [0.4, 0.5) is 0 Å². The number of likely N-dealkylation sites (tertiary alicyclic amines) is 2. The molecule has 8 nitrogen and oxygen atoms in total. The highest BCUT2D eigenvalue weighted by Gasteiger charge is 2.36. The summed E-state index contributed by atoms with van der Waals surface area (Å²) < 4.78 is 6.62. The van der Waals surface area contributed by atoms with Gasteiger partial charge < -0.3 is 24.7 Å². The number of nitrogens with zero attached hydrogens (tertiary/aromatic N) is 3. The normalized spacial score (nSPS) is 16.9. The third-order valence-electron chi connectivity index (χ3n) is 6.14. The van der Waals surface area contributed by atoms with E-state index in [4.69, 9.17) is 4.74 Å². The number of piperidine rings is 2. The Hall–Kier alpha value is -3.16. The summed E-state index contributed by atoms with van der Waals surface area (Å²) in [4.78, 5) is 30.1. The van der Waals surface area contributed by atoms with Crippen LogP contribution in [0.3, 0.4) is 0 Å². The van der Waals surface area contributed by atoms with Crippen molar-refractivity contribution in [2.75, 3.05) is 33.3 Å². The standard InChI is InChI=1S/C23H29N3O5/c1-31-17-10-8-16(9-11-17)26-18(22(29)24-12-4-2-5-13-24)20(27)21(28)19(26)23(30)25-14-6-3-7-15-25/h8-11,27-28H,2-7,12-15H2,1H3. The van der Waals surface area contributed by atoms with E-state index in [0.29, 0.717) is 37.6 Å². The van der Waals surface area contributed by atoms with Crippen molar-refractivity contribution in [1.82, 2.24) is 14.4 Å². The average molecular weight is 428 g/mol. The molecule has 0 atom stereocenters. The van der Waals surface area contributed by atoms with Gasteiger partial charge in [-0.15, -0.1) is 0 Å². The van der Waals surface area contributed by atoms with Crippen LogP contribution in [0.2, 0.25) is 0 Å². The van der Waals surface area contributed by atoms with Crippen molar-refractivity contribution >= 4 is 11.8 Å². The van der Waals surface area contributed by atoms with E-state index in [1.165, 1.54) is 4.57 Å². The lowest BCUT2D eigenvalue weighted by Crippen LogP contribution is -2.38. The lowest BCUT2D eigenvalue weighted by Gasteiger charge is -2.28. The predicted octanol–water partition coefficient (Wildman–Crippen LogP) is 3.15. The first-order valence-electron chi connectivity index (χ1n) is 10.9. The van der Waals surface area contributed by atoms with E-state index in [2.05, 4.69) is 0 Å². The SMILES string of the molecule is COc1ccc(-n2c(C(=O)N3CCCCC3)c(O)c(O)c2C(=O)N2CCCCC2)cc1. The van der Waals surface area contributed by atoms with Crippen LogP contribution in [0.1, 0.15) is 59.5 Å². The average Bonchev–Trinajstić information content (AvgIpc) is 3.09. The number of methoxy groups -OCH3 is 1. The first kappa shape index (κ1) is 21.1. The summed E-state index contributed by atoms with van der Waals surface area (Å²) in [6, 6.07) is 6.84. The molecule has 0 unspecified atom stereocenters. The number of aromatic nitrogens is 1. The van der Waals surface area contributed by atoms with Gasteiger partial charge in [-0.1, -0.05) is 0 Å². The monoisotopic (exact) mass is 427 g/mol. The molecule has 0 radical (unpaired) electrons. The van der Waals surface area contributed by atoms with Gasteiger partial charge in [-0.2, -0.15) is 0 Å². The van der Waals surface area contributed by atoms with E-state index in [1.54, 1.807) is 41.2 Å². The molecule has 0 saturated carbocycles. The van der Waals surface area contributed by atoms with Gasteiger partial charge in [-0.3, -0.25) is 14.2 Å². The topological polar surface area (TPSA) is 95.2 Å². The Kier molecular flexibility index (Phi) is 6.06. The fourth-order valence-electron chi connectivity index (χ4n) is 4.42. The van der Waals surface area contributed by atoms with Crippen molar-refractivity contribution in [2.45, 2.75) is 38.5 Å². The molecule has 0 bridgehead atoms. The van der Waals surface area contributed by atoms with Crippen LogP contribution in [0.5, 0.6) is 17.2 Å². The zero-order valence-corrected chi connectivity index (χ0v) is 17.8. The fourth-order valence-corrected chi connectivity index (χ4v) is 4.42. The second-order valence-corrected chi connectivity index (χ2v) is 8.13. The Morgan fingerprint density at radius 1 is 0.742 bits per heavy atom. The van der Waals surface area contributed by atoms with Crippen LogP contribution in [0.15, 0.2) is 24.3 Å². The molecule has 2 saturated heterocycles. The molecule has 3 heterocycles. The highest BCUT2D eigenvalue weighted by molar-refractivity contribution is 6.04. The van der Waals surface area contributed by atoms with Crippen LogP contribution in [0.25, 0.3) is 5.69 Å². The number of carbonyl (C=O) groups excluding carboxylic acids is 2. The first-order valence-corrected chi connectivity index (χ1v) is 10.9. The molecular formula is C23H29N3O5. The Labute approximate surface area is 181 Å². The van der Waals surface area contributed by atoms with E-state index in [9.17, 15) is 19.8 Å². The fraction of sp³-hybridized carbons (Fsp3) is 0.478. The van der Waals surface area contributed by atoms with Crippen LogP contribution in [-0.4, -0.2) is 69.7 Å². The highest BCUT2D eigenvalue weighted by Crippen LogP contribution is 2.40. The number of rotatable bonds is 4. The van der Waals surface area contributed by atoms with Crippen molar-refractivity contribution in [3.8, 4) is 22.9 Å². The second-order valence-electron chi connectivity index (χ2n) is 8.13. The maximum Gasteiger partial charge on any atom is 0.274 e. The number of carbonyl (C=O) groups is 2. The molecule has 8 heteroatoms. The molecule has 0 spiro atoms. The van der Waals surface area contributed by atoms with Crippen LogP contribution in [-0.2, 0) is 0 Å². The molecule has 2 amide bonds. The number of hydrogen-bond acceptors (Lipinski definition) is 5. The molecular weight excluding hydrogens is 398 g/mol. The summed E-state index contributed by atoms with van der Waals surface area (Å²) in [5, 5.41) is 21.6. The van der Waals surface area contributed by atoms with Crippen molar-refractivity contribution < 1.29 is 24.5 Å². The van der Waals surface area contributed by atoms with Gasteiger partial charge in [0, 0.05) is 31.9 Å². The van der Waals surface area contributed by atoms with Gasteiger partial charge in [-0.25, -0.2) is 0 Å². The second kappa shape index (κ2) is 8.91. The van der Waals surface area contributed by atoms with Crippen LogP contribution >= 0.6 is 0 Å². The van der Waals surface area contributed by atoms with Gasteiger partial charge in [0.1, 0.15) is 5.75 Å². The predicted molar refractivity (Wildman–Crippen MR) is 115 cm³/mol. The Morgan fingerprint density at radius 2 is 1.16 bits per heavy atom. The summed E-state index contributed by atoms with van der Waals surface area (Å²) in [6.07, 6.45) is 5.67. The minimum atomic E-state index is -0.549. The molecule has 166 valence electrons. The largest absolute Gasteiger partial charge is 0.503 e. The lowest BCUT2D eigenvalue weighted by atomic mass is 10.1. The van der Waals surface area contributed by atoms with Crippen LogP contribution in [0, 0.1) is 0 Å². The molecule has 4 rings (SSSR count). The van der Waals surface area contributed by atoms with Crippen molar-refractivity contribution in [3.05, 3.63) is 35.7 Å². The Balaban J connectivity index is 1.85. The minimum absolute atomic E-state index is 0.0788. The van der Waals surface area contributed by atoms with E-state index < -0.39 is 11.5 Å². The number of aromatic hydroxyl groups is 2. The molecule has 1 aromatic heterocycles. The first-order chi connectivity index (χ1) is 15.0. The van der Waals surface area contributed by atoms with E-state index >= 15 is 0 Å². The van der Waals surface area contributed by atoms with Crippen LogP contribution < -0.4 is 4.74 Å². The van der Waals surface area contributed by atoms with Gasteiger partial charge in [-0.05, 0) is 62.8 Å². The summed E-state index contributed by atoms with van der Waals surface area (Å²) in [7, 11) is 1.55. The molecule has 31 heavy (non-hydrogen) atoms. The number of hydrogen-bond donors (Lipinski definition) is 2. The maximum absolute atomic E-state index is 13.4. The van der Waals surface area contributed by atoms with Crippen molar-refractivity contribution in [3.63, 3.8) is 0 Å². The number of amides is 2. The zero-order valence-electron chi connectivity index (χ0n) is 17.8. The molecule has 0 aliphatic carbocycles. The number of ether oxygens (including phenoxy) is 1. The van der Waals surface area contributed by atoms with Crippen molar-refractivity contribution in [1.29, 1.82) is 0 Å². The molecule has 2 fully saturated rings. The molecule has 2 aliphatic rings. The van der Waals surface area contributed by atoms with E-state index in [0.717, 1.165) is 38.5 Å².